The van der Waals surface area contributed by atoms with Crippen LogP contribution in [0.25, 0.3) is 0 Å². The van der Waals surface area contributed by atoms with Crippen LogP contribution in [0.2, 0.25) is 0 Å². The third-order valence-corrected chi connectivity index (χ3v) is 6.41. The second kappa shape index (κ2) is 9.95. The van der Waals surface area contributed by atoms with Crippen LogP contribution >= 0.6 is 0 Å². The predicted octanol–water partition coefficient (Wildman–Crippen LogP) is 2.80. The molecule has 1 atom stereocenters. The van der Waals surface area contributed by atoms with Gasteiger partial charge in [-0.05, 0) is 42.2 Å². The first-order valence-electron chi connectivity index (χ1n) is 10.6. The van der Waals surface area contributed by atoms with E-state index in [1.807, 2.05) is 32.9 Å². The van der Waals surface area contributed by atoms with Gasteiger partial charge in [0.05, 0.1) is 4.90 Å². The number of rotatable bonds is 8. The first-order valence-corrected chi connectivity index (χ1v) is 12.1. The van der Waals surface area contributed by atoms with Crippen molar-refractivity contribution in [3.8, 4) is 0 Å². The van der Waals surface area contributed by atoms with Crippen molar-refractivity contribution in [2.45, 2.75) is 51.1 Å². The number of amidine groups is 1. The van der Waals surface area contributed by atoms with E-state index in [1.165, 1.54) is 6.07 Å². The summed E-state index contributed by atoms with van der Waals surface area (Å²) in [6, 6.07) is 13.1. The van der Waals surface area contributed by atoms with Gasteiger partial charge < -0.3 is 10.6 Å². The SMILES string of the molecule is CCCC(=O)Nc1ccc(CNC(=O)[C@@H](N=C2NS(=O)(=O)c3ccccc32)C(C)C)cc1. The van der Waals surface area contributed by atoms with E-state index in [9.17, 15) is 18.0 Å². The zero-order chi connectivity index (χ0) is 23.3. The molecule has 170 valence electrons. The van der Waals surface area contributed by atoms with E-state index < -0.39 is 16.1 Å². The second-order valence-electron chi connectivity index (χ2n) is 7.98. The number of hydrogen-bond donors (Lipinski definition) is 3. The summed E-state index contributed by atoms with van der Waals surface area (Å²) < 4.78 is 27.1. The molecular formula is C23H28N4O4S. The minimum atomic E-state index is -3.67. The lowest BCUT2D eigenvalue weighted by atomic mass is 10.0. The predicted molar refractivity (Wildman–Crippen MR) is 124 cm³/mol. The number of benzene rings is 2. The molecule has 8 nitrogen and oxygen atoms in total. The number of sulfonamides is 1. The number of hydrogen-bond acceptors (Lipinski definition) is 5. The van der Waals surface area contributed by atoms with Gasteiger partial charge in [-0.3, -0.25) is 19.3 Å². The monoisotopic (exact) mass is 456 g/mol. The number of nitrogens with one attached hydrogen (secondary N) is 3. The van der Waals surface area contributed by atoms with E-state index >= 15 is 0 Å². The lowest BCUT2D eigenvalue weighted by Gasteiger charge is -2.17. The minimum absolute atomic E-state index is 0.0310. The van der Waals surface area contributed by atoms with Crippen LogP contribution in [0.1, 0.15) is 44.7 Å². The molecule has 0 fully saturated rings. The maximum Gasteiger partial charge on any atom is 0.263 e. The van der Waals surface area contributed by atoms with Gasteiger partial charge in [0.25, 0.3) is 10.0 Å². The third-order valence-electron chi connectivity index (χ3n) is 5.01. The van der Waals surface area contributed by atoms with Crippen molar-refractivity contribution in [3.63, 3.8) is 0 Å². The Bertz CT molecular complexity index is 1120. The van der Waals surface area contributed by atoms with E-state index in [-0.39, 0.29) is 28.5 Å². The number of fused-ring (bicyclic) bond motifs is 1. The maximum absolute atomic E-state index is 12.9. The third kappa shape index (κ3) is 5.53. The standard InChI is InChI=1S/C23H28N4O4S/c1-4-7-20(28)25-17-12-10-16(11-13-17)14-24-23(29)21(15(2)3)26-22-18-8-5-6-9-19(18)32(30,31)27-22/h5-6,8-13,15,21H,4,7,14H2,1-3H3,(H,24,29)(H,25,28)(H,26,27)/t21-/m0/s1. The molecule has 0 aromatic heterocycles. The van der Waals surface area contributed by atoms with Crippen molar-refractivity contribution in [1.29, 1.82) is 0 Å². The molecule has 1 aliphatic heterocycles. The van der Waals surface area contributed by atoms with Gasteiger partial charge in [0, 0.05) is 24.2 Å². The van der Waals surface area contributed by atoms with Crippen molar-refractivity contribution >= 4 is 33.4 Å². The molecule has 1 heterocycles. The highest BCUT2D eigenvalue weighted by Gasteiger charge is 2.32. The van der Waals surface area contributed by atoms with Crippen LogP contribution < -0.4 is 15.4 Å². The molecule has 0 radical (unpaired) electrons. The molecule has 32 heavy (non-hydrogen) atoms. The molecule has 9 heteroatoms. The lowest BCUT2D eigenvalue weighted by Crippen LogP contribution is -2.38. The highest BCUT2D eigenvalue weighted by Crippen LogP contribution is 2.23. The van der Waals surface area contributed by atoms with Gasteiger partial charge in [0.1, 0.15) is 11.9 Å². The van der Waals surface area contributed by atoms with Gasteiger partial charge in [-0.25, -0.2) is 8.42 Å². The summed E-state index contributed by atoms with van der Waals surface area (Å²) in [6.45, 7) is 5.95. The van der Waals surface area contributed by atoms with Crippen LogP contribution in [-0.2, 0) is 26.2 Å². The van der Waals surface area contributed by atoms with E-state index in [4.69, 9.17) is 0 Å². The fraction of sp³-hybridized carbons (Fsp3) is 0.348. The number of amides is 2. The molecule has 3 N–H and O–H groups in total. The molecule has 2 amide bonds. The zero-order valence-corrected chi connectivity index (χ0v) is 19.2. The van der Waals surface area contributed by atoms with Crippen LogP contribution in [0.15, 0.2) is 58.4 Å². The molecule has 0 unspecified atom stereocenters. The fourth-order valence-electron chi connectivity index (χ4n) is 3.33. The van der Waals surface area contributed by atoms with Gasteiger partial charge in [0.2, 0.25) is 11.8 Å². The average Bonchev–Trinajstić information content (AvgIpc) is 3.01. The number of carbonyl (C=O) groups excluding carboxylic acids is 2. The Morgan fingerprint density at radius 1 is 1.06 bits per heavy atom. The minimum Gasteiger partial charge on any atom is -0.350 e. The lowest BCUT2D eigenvalue weighted by molar-refractivity contribution is -0.123. The number of anilines is 1. The first-order chi connectivity index (χ1) is 15.2. The summed E-state index contributed by atoms with van der Waals surface area (Å²) in [5, 5.41) is 5.69. The molecule has 0 spiro atoms. The van der Waals surface area contributed by atoms with Crippen molar-refractivity contribution in [2.75, 3.05) is 5.32 Å². The molecule has 3 rings (SSSR count). The highest BCUT2D eigenvalue weighted by molar-refractivity contribution is 7.90. The zero-order valence-electron chi connectivity index (χ0n) is 18.4. The van der Waals surface area contributed by atoms with E-state index in [0.29, 0.717) is 24.2 Å². The summed E-state index contributed by atoms with van der Waals surface area (Å²) in [5.41, 5.74) is 2.04. The van der Waals surface area contributed by atoms with Crippen LogP contribution in [-0.4, -0.2) is 32.1 Å². The Labute approximate surface area is 188 Å². The maximum atomic E-state index is 12.9. The Morgan fingerprint density at radius 3 is 2.41 bits per heavy atom. The Hall–Kier alpha value is -3.20. The van der Waals surface area contributed by atoms with Gasteiger partial charge in [-0.2, -0.15) is 0 Å². The summed E-state index contributed by atoms with van der Waals surface area (Å²) in [5.74, 6) is -0.287. The molecule has 2 aromatic carbocycles. The molecular weight excluding hydrogens is 428 g/mol. The second-order valence-corrected chi connectivity index (χ2v) is 9.63. The van der Waals surface area contributed by atoms with Gasteiger partial charge in [-0.15, -0.1) is 0 Å². The van der Waals surface area contributed by atoms with E-state index in [1.54, 1.807) is 30.3 Å². The Kier molecular flexibility index (Phi) is 7.29. The number of nitrogens with zero attached hydrogens (tertiary/aromatic N) is 1. The van der Waals surface area contributed by atoms with Gasteiger partial charge in [0.15, 0.2) is 0 Å². The Morgan fingerprint density at radius 2 is 1.75 bits per heavy atom. The summed E-state index contributed by atoms with van der Waals surface area (Å²) >= 11 is 0. The number of carbonyl (C=O) groups is 2. The summed E-state index contributed by atoms with van der Waals surface area (Å²) in [4.78, 5) is 29.2. The van der Waals surface area contributed by atoms with Crippen molar-refractivity contribution in [2.24, 2.45) is 10.9 Å². The molecule has 0 bridgehead atoms. The molecule has 2 aromatic rings. The van der Waals surface area contributed by atoms with Crippen LogP contribution in [0.3, 0.4) is 0 Å². The molecule has 0 saturated heterocycles. The van der Waals surface area contributed by atoms with E-state index in [2.05, 4.69) is 20.3 Å². The number of aliphatic imine (C=N–C) groups is 1. The molecule has 0 saturated carbocycles. The molecule has 1 aliphatic rings. The quantitative estimate of drug-likeness (QED) is 0.566. The van der Waals surface area contributed by atoms with E-state index in [0.717, 1.165) is 12.0 Å². The smallest absolute Gasteiger partial charge is 0.263 e. The van der Waals surface area contributed by atoms with Crippen molar-refractivity contribution < 1.29 is 18.0 Å². The fourth-order valence-corrected chi connectivity index (χ4v) is 4.57. The highest BCUT2D eigenvalue weighted by atomic mass is 32.2. The largest absolute Gasteiger partial charge is 0.350 e. The van der Waals surface area contributed by atoms with Crippen molar-refractivity contribution in [1.82, 2.24) is 10.0 Å². The topological polar surface area (TPSA) is 117 Å². The Balaban J connectivity index is 1.68. The first kappa shape index (κ1) is 23.5. The van der Waals surface area contributed by atoms with Crippen LogP contribution in [0.5, 0.6) is 0 Å². The normalized spacial score (nSPS) is 16.3. The van der Waals surface area contributed by atoms with Gasteiger partial charge >= 0.3 is 0 Å². The van der Waals surface area contributed by atoms with Crippen LogP contribution in [0, 0.1) is 5.92 Å². The van der Waals surface area contributed by atoms with Gasteiger partial charge in [-0.1, -0.05) is 45.0 Å². The molecule has 0 aliphatic carbocycles. The van der Waals surface area contributed by atoms with Crippen LogP contribution in [0.4, 0.5) is 5.69 Å². The van der Waals surface area contributed by atoms with Crippen molar-refractivity contribution in [3.05, 3.63) is 59.7 Å². The summed E-state index contributed by atoms with van der Waals surface area (Å²) in [6.07, 6.45) is 1.25. The average molecular weight is 457 g/mol. The summed E-state index contributed by atoms with van der Waals surface area (Å²) in [7, 11) is -3.67.